The monoisotopic (exact) mass is 395 g/mol. The lowest BCUT2D eigenvalue weighted by molar-refractivity contribution is 0.164. The second-order valence-corrected chi connectivity index (χ2v) is 7.20. The van der Waals surface area contributed by atoms with Crippen LogP contribution in [0.4, 0.5) is 9.18 Å². The van der Waals surface area contributed by atoms with Gasteiger partial charge < -0.3 is 14.7 Å². The summed E-state index contributed by atoms with van der Waals surface area (Å²) in [6, 6.07) is 9.71. The fourth-order valence-corrected chi connectivity index (χ4v) is 3.51. The Bertz CT molecular complexity index is 945. The van der Waals surface area contributed by atoms with Gasteiger partial charge in [0.25, 0.3) is 5.89 Å². The summed E-state index contributed by atoms with van der Waals surface area (Å²) in [6.07, 6.45) is 5.98. The Morgan fingerprint density at radius 3 is 2.93 bits per heavy atom. The molecule has 0 aliphatic carbocycles. The molecule has 0 saturated carbocycles. The number of nitrogens with one attached hydrogen (secondary N) is 1. The molecule has 1 aromatic carbocycles. The van der Waals surface area contributed by atoms with Crippen LogP contribution in [0.1, 0.15) is 24.2 Å². The zero-order valence-electron chi connectivity index (χ0n) is 15.9. The third kappa shape index (κ3) is 4.96. The highest BCUT2D eigenvalue weighted by molar-refractivity contribution is 5.74. The zero-order chi connectivity index (χ0) is 20.1. The van der Waals surface area contributed by atoms with Crippen molar-refractivity contribution in [2.24, 2.45) is 5.92 Å². The number of benzene rings is 1. The maximum atomic E-state index is 13.0. The number of halogens is 1. The fourth-order valence-electron chi connectivity index (χ4n) is 3.51. The largest absolute Gasteiger partial charge is 0.334 e. The van der Waals surface area contributed by atoms with Gasteiger partial charge in [0.2, 0.25) is 0 Å². The number of hydrogen-bond acceptors (Lipinski definition) is 5. The first-order valence-corrected chi connectivity index (χ1v) is 9.67. The molecule has 8 heteroatoms. The highest BCUT2D eigenvalue weighted by atomic mass is 19.1. The van der Waals surface area contributed by atoms with Crippen LogP contribution in [-0.2, 0) is 13.0 Å². The van der Waals surface area contributed by atoms with Gasteiger partial charge in [0, 0.05) is 38.4 Å². The van der Waals surface area contributed by atoms with Gasteiger partial charge in [0.1, 0.15) is 5.82 Å². The van der Waals surface area contributed by atoms with Gasteiger partial charge in [0.15, 0.2) is 5.82 Å². The van der Waals surface area contributed by atoms with Crippen LogP contribution in [-0.4, -0.2) is 39.1 Å². The van der Waals surface area contributed by atoms with Crippen molar-refractivity contribution in [3.63, 3.8) is 0 Å². The first kappa shape index (κ1) is 19.0. The number of carbonyl (C=O) groups is 1. The first-order valence-electron chi connectivity index (χ1n) is 9.67. The summed E-state index contributed by atoms with van der Waals surface area (Å²) in [5.74, 6) is 1.09. The summed E-state index contributed by atoms with van der Waals surface area (Å²) in [5, 5.41) is 6.98. The molecule has 0 bridgehead atoms. The fraction of sp³-hybridized carbons (Fsp3) is 0.333. The summed E-state index contributed by atoms with van der Waals surface area (Å²) >= 11 is 0. The molecule has 1 fully saturated rings. The SMILES string of the molecule is O=C(NCc1ccc(F)cc1)N1CCCC(Cc2noc(-c3cccnc3)n2)C1. The third-order valence-electron chi connectivity index (χ3n) is 5.01. The molecule has 0 spiro atoms. The number of aromatic nitrogens is 3. The molecule has 29 heavy (non-hydrogen) atoms. The van der Waals surface area contributed by atoms with Crippen molar-refractivity contribution < 1.29 is 13.7 Å². The van der Waals surface area contributed by atoms with Crippen LogP contribution in [0.15, 0.2) is 53.3 Å². The quantitative estimate of drug-likeness (QED) is 0.715. The topological polar surface area (TPSA) is 84.2 Å². The molecule has 1 N–H and O–H groups in total. The molecular formula is C21H22FN5O2. The van der Waals surface area contributed by atoms with Crippen molar-refractivity contribution in [1.29, 1.82) is 0 Å². The van der Waals surface area contributed by atoms with Gasteiger partial charge in [-0.05, 0) is 48.6 Å². The Balaban J connectivity index is 1.30. The molecule has 0 radical (unpaired) electrons. The Morgan fingerprint density at radius 1 is 1.28 bits per heavy atom. The maximum absolute atomic E-state index is 13.0. The van der Waals surface area contributed by atoms with E-state index in [0.717, 1.165) is 30.5 Å². The Labute approximate surface area is 168 Å². The van der Waals surface area contributed by atoms with E-state index in [9.17, 15) is 9.18 Å². The summed E-state index contributed by atoms with van der Waals surface area (Å²) in [7, 11) is 0. The minimum Gasteiger partial charge on any atom is -0.334 e. The summed E-state index contributed by atoms with van der Waals surface area (Å²) in [4.78, 5) is 22.9. The molecule has 1 saturated heterocycles. The van der Waals surface area contributed by atoms with E-state index in [1.165, 1.54) is 12.1 Å². The van der Waals surface area contributed by atoms with Gasteiger partial charge in [-0.2, -0.15) is 4.98 Å². The first-order chi connectivity index (χ1) is 14.2. The molecule has 3 heterocycles. The van der Waals surface area contributed by atoms with Crippen LogP contribution < -0.4 is 5.32 Å². The van der Waals surface area contributed by atoms with Crippen LogP contribution in [0.2, 0.25) is 0 Å². The van der Waals surface area contributed by atoms with Gasteiger partial charge in [0.05, 0.1) is 5.56 Å². The summed E-state index contributed by atoms with van der Waals surface area (Å²) in [5.41, 5.74) is 1.65. The van der Waals surface area contributed by atoms with Crippen molar-refractivity contribution >= 4 is 6.03 Å². The Kier molecular flexibility index (Phi) is 5.79. The number of urea groups is 1. The third-order valence-corrected chi connectivity index (χ3v) is 5.01. The van der Waals surface area contributed by atoms with Gasteiger partial charge in [-0.3, -0.25) is 4.98 Å². The van der Waals surface area contributed by atoms with Crippen molar-refractivity contribution in [3.05, 3.63) is 66.0 Å². The number of piperidine rings is 1. The van der Waals surface area contributed by atoms with Gasteiger partial charge >= 0.3 is 6.03 Å². The van der Waals surface area contributed by atoms with Crippen LogP contribution >= 0.6 is 0 Å². The van der Waals surface area contributed by atoms with Crippen LogP contribution in [0, 0.1) is 11.7 Å². The van der Waals surface area contributed by atoms with E-state index in [1.54, 1.807) is 24.5 Å². The number of rotatable bonds is 5. The van der Waals surface area contributed by atoms with Crippen molar-refractivity contribution in [3.8, 4) is 11.5 Å². The van der Waals surface area contributed by atoms with Gasteiger partial charge in [-0.15, -0.1) is 0 Å². The van der Waals surface area contributed by atoms with E-state index in [1.807, 2.05) is 17.0 Å². The number of hydrogen-bond donors (Lipinski definition) is 1. The summed E-state index contributed by atoms with van der Waals surface area (Å²) < 4.78 is 18.3. The smallest absolute Gasteiger partial charge is 0.317 e. The van der Waals surface area contributed by atoms with Crippen molar-refractivity contribution in [2.45, 2.75) is 25.8 Å². The number of pyridine rings is 1. The lowest BCUT2D eigenvalue weighted by atomic mass is 9.95. The molecule has 3 aromatic rings. The molecule has 7 nitrogen and oxygen atoms in total. The van der Waals surface area contributed by atoms with E-state index < -0.39 is 0 Å². The average molecular weight is 395 g/mol. The molecule has 2 amide bonds. The second kappa shape index (κ2) is 8.81. The predicted molar refractivity (Wildman–Crippen MR) is 104 cm³/mol. The Hall–Kier alpha value is -3.29. The van der Waals surface area contributed by atoms with Crippen LogP contribution in [0.25, 0.3) is 11.5 Å². The molecule has 150 valence electrons. The van der Waals surface area contributed by atoms with E-state index in [0.29, 0.717) is 31.2 Å². The summed E-state index contributed by atoms with van der Waals surface area (Å²) in [6.45, 7) is 1.74. The second-order valence-electron chi connectivity index (χ2n) is 7.20. The van der Waals surface area contributed by atoms with Gasteiger partial charge in [-0.25, -0.2) is 9.18 Å². The zero-order valence-corrected chi connectivity index (χ0v) is 15.9. The number of likely N-dealkylation sites (tertiary alicyclic amines) is 1. The maximum Gasteiger partial charge on any atom is 0.317 e. The van der Waals surface area contributed by atoms with Crippen molar-refractivity contribution in [1.82, 2.24) is 25.3 Å². The lowest BCUT2D eigenvalue weighted by Crippen LogP contribution is -2.45. The standard InChI is InChI=1S/C21H22FN5O2/c22-18-7-5-15(6-8-18)12-24-21(28)27-10-2-3-16(14-27)11-19-25-20(29-26-19)17-4-1-9-23-13-17/h1,4-9,13,16H,2-3,10-12,14H2,(H,24,28). The highest BCUT2D eigenvalue weighted by Crippen LogP contribution is 2.22. The van der Waals surface area contributed by atoms with E-state index in [2.05, 4.69) is 20.4 Å². The van der Waals surface area contributed by atoms with E-state index in [4.69, 9.17) is 4.52 Å². The minimum absolute atomic E-state index is 0.108. The lowest BCUT2D eigenvalue weighted by Gasteiger charge is -2.32. The van der Waals surface area contributed by atoms with E-state index in [-0.39, 0.29) is 17.8 Å². The van der Waals surface area contributed by atoms with Crippen molar-refractivity contribution in [2.75, 3.05) is 13.1 Å². The number of carbonyl (C=O) groups excluding carboxylic acids is 1. The number of nitrogens with zero attached hydrogens (tertiary/aromatic N) is 4. The molecule has 1 aliphatic heterocycles. The van der Waals surface area contributed by atoms with Crippen LogP contribution in [0.5, 0.6) is 0 Å². The number of amides is 2. The molecule has 1 unspecified atom stereocenters. The van der Waals surface area contributed by atoms with E-state index >= 15 is 0 Å². The Morgan fingerprint density at radius 2 is 2.14 bits per heavy atom. The normalized spacial score (nSPS) is 16.6. The highest BCUT2D eigenvalue weighted by Gasteiger charge is 2.25. The van der Waals surface area contributed by atoms with Gasteiger partial charge in [-0.1, -0.05) is 17.3 Å². The average Bonchev–Trinajstić information content (AvgIpc) is 3.22. The molecule has 1 atom stereocenters. The molecular weight excluding hydrogens is 373 g/mol. The molecule has 1 aliphatic rings. The molecule has 2 aromatic heterocycles. The predicted octanol–water partition coefficient (Wildman–Crippen LogP) is 3.44. The minimum atomic E-state index is -0.285. The van der Waals surface area contributed by atoms with Crippen LogP contribution in [0.3, 0.4) is 0 Å². The molecule has 4 rings (SSSR count).